The molecule has 0 aromatic carbocycles. The van der Waals surface area contributed by atoms with Gasteiger partial charge < -0.3 is 5.32 Å². The summed E-state index contributed by atoms with van der Waals surface area (Å²) in [5.41, 5.74) is 0.544. The fourth-order valence-corrected chi connectivity index (χ4v) is 2.88. The minimum absolute atomic E-state index is 0.544. The molecule has 0 bridgehead atoms. The van der Waals surface area contributed by atoms with Gasteiger partial charge in [-0.25, -0.2) is 0 Å². The first-order chi connectivity index (χ1) is 6.68. The van der Waals surface area contributed by atoms with Crippen molar-refractivity contribution in [3.8, 4) is 0 Å². The summed E-state index contributed by atoms with van der Waals surface area (Å²) in [6, 6.07) is 0.789. The summed E-state index contributed by atoms with van der Waals surface area (Å²) >= 11 is 0. The molecule has 2 rings (SSSR count). The molecule has 82 valence electrons. The zero-order valence-electron chi connectivity index (χ0n) is 9.81. The van der Waals surface area contributed by atoms with Gasteiger partial charge in [0.2, 0.25) is 0 Å². The van der Waals surface area contributed by atoms with E-state index in [1.165, 1.54) is 51.5 Å². The lowest BCUT2D eigenvalue weighted by atomic mass is 9.73. The van der Waals surface area contributed by atoms with Crippen molar-refractivity contribution in [2.75, 3.05) is 6.54 Å². The van der Waals surface area contributed by atoms with Crippen LogP contribution in [-0.2, 0) is 0 Å². The van der Waals surface area contributed by atoms with Gasteiger partial charge in [0.15, 0.2) is 0 Å². The third-order valence-corrected chi connectivity index (χ3v) is 4.38. The standard InChI is InChI=1S/C13H25N/c1-13(2)9-4-3-8-12(13)14-10-11-6-5-7-11/h11-12,14H,3-10H2,1-2H3. The Morgan fingerprint density at radius 3 is 2.43 bits per heavy atom. The molecule has 0 aromatic heterocycles. The minimum atomic E-state index is 0.544. The summed E-state index contributed by atoms with van der Waals surface area (Å²) in [6.07, 6.45) is 10.1. The van der Waals surface area contributed by atoms with Crippen LogP contribution in [0, 0.1) is 11.3 Å². The van der Waals surface area contributed by atoms with Crippen LogP contribution in [0.25, 0.3) is 0 Å². The highest BCUT2D eigenvalue weighted by Gasteiger charge is 2.32. The van der Waals surface area contributed by atoms with Crippen LogP contribution in [0.4, 0.5) is 0 Å². The van der Waals surface area contributed by atoms with Gasteiger partial charge in [-0.05, 0) is 43.6 Å². The van der Waals surface area contributed by atoms with Gasteiger partial charge in [-0.15, -0.1) is 0 Å². The molecule has 0 aliphatic heterocycles. The zero-order chi connectivity index (χ0) is 10.0. The second kappa shape index (κ2) is 4.22. The van der Waals surface area contributed by atoms with Gasteiger partial charge in [-0.1, -0.05) is 33.1 Å². The first-order valence-electron chi connectivity index (χ1n) is 6.42. The number of hydrogen-bond donors (Lipinski definition) is 1. The van der Waals surface area contributed by atoms with Crippen molar-refractivity contribution < 1.29 is 0 Å². The maximum atomic E-state index is 3.81. The van der Waals surface area contributed by atoms with E-state index in [4.69, 9.17) is 0 Å². The van der Waals surface area contributed by atoms with Crippen LogP contribution in [0.2, 0.25) is 0 Å². The molecule has 1 atom stereocenters. The lowest BCUT2D eigenvalue weighted by Gasteiger charge is -2.40. The van der Waals surface area contributed by atoms with Gasteiger partial charge in [0.1, 0.15) is 0 Å². The zero-order valence-corrected chi connectivity index (χ0v) is 9.81. The van der Waals surface area contributed by atoms with E-state index in [0.29, 0.717) is 5.41 Å². The normalized spacial score (nSPS) is 32.6. The lowest BCUT2D eigenvalue weighted by Crippen LogP contribution is -2.46. The molecule has 2 aliphatic rings. The Morgan fingerprint density at radius 2 is 1.86 bits per heavy atom. The van der Waals surface area contributed by atoms with Crippen molar-refractivity contribution in [1.82, 2.24) is 5.32 Å². The largest absolute Gasteiger partial charge is 0.313 e. The third kappa shape index (κ3) is 2.31. The van der Waals surface area contributed by atoms with Crippen LogP contribution in [0.5, 0.6) is 0 Å². The Balaban J connectivity index is 1.76. The number of nitrogens with one attached hydrogen (secondary N) is 1. The summed E-state index contributed by atoms with van der Waals surface area (Å²) in [6.45, 7) is 6.16. The second-order valence-corrected chi connectivity index (χ2v) is 5.99. The van der Waals surface area contributed by atoms with Gasteiger partial charge in [0, 0.05) is 6.04 Å². The van der Waals surface area contributed by atoms with Gasteiger partial charge in [-0.3, -0.25) is 0 Å². The summed E-state index contributed by atoms with van der Waals surface area (Å²) in [4.78, 5) is 0. The van der Waals surface area contributed by atoms with Crippen LogP contribution in [0.3, 0.4) is 0 Å². The van der Waals surface area contributed by atoms with E-state index < -0.39 is 0 Å². The maximum absolute atomic E-state index is 3.81. The highest BCUT2D eigenvalue weighted by atomic mass is 14.9. The summed E-state index contributed by atoms with van der Waals surface area (Å²) < 4.78 is 0. The molecule has 2 fully saturated rings. The highest BCUT2D eigenvalue weighted by molar-refractivity contribution is 4.88. The average molecular weight is 195 g/mol. The van der Waals surface area contributed by atoms with Crippen molar-refractivity contribution in [1.29, 1.82) is 0 Å². The van der Waals surface area contributed by atoms with E-state index in [0.717, 1.165) is 12.0 Å². The average Bonchev–Trinajstić information content (AvgIpc) is 2.04. The van der Waals surface area contributed by atoms with Crippen molar-refractivity contribution in [2.45, 2.75) is 64.8 Å². The lowest BCUT2D eigenvalue weighted by molar-refractivity contribution is 0.153. The van der Waals surface area contributed by atoms with Crippen molar-refractivity contribution >= 4 is 0 Å². The fraction of sp³-hybridized carbons (Fsp3) is 1.00. The Labute approximate surface area is 88.7 Å². The van der Waals surface area contributed by atoms with Gasteiger partial charge in [0.05, 0.1) is 0 Å². The first-order valence-corrected chi connectivity index (χ1v) is 6.42. The smallest absolute Gasteiger partial charge is 0.0118 e. The molecule has 0 heterocycles. The predicted molar refractivity (Wildman–Crippen MR) is 61.4 cm³/mol. The molecule has 0 aromatic rings. The fourth-order valence-electron chi connectivity index (χ4n) is 2.88. The summed E-state index contributed by atoms with van der Waals surface area (Å²) in [5, 5.41) is 3.81. The molecular formula is C13H25N. The highest BCUT2D eigenvalue weighted by Crippen LogP contribution is 2.36. The number of hydrogen-bond acceptors (Lipinski definition) is 1. The van der Waals surface area contributed by atoms with E-state index in [1.54, 1.807) is 0 Å². The SMILES string of the molecule is CC1(C)CCCCC1NCC1CCC1. The maximum Gasteiger partial charge on any atom is 0.0118 e. The van der Waals surface area contributed by atoms with Crippen LogP contribution in [0.15, 0.2) is 0 Å². The van der Waals surface area contributed by atoms with E-state index >= 15 is 0 Å². The van der Waals surface area contributed by atoms with Crippen LogP contribution >= 0.6 is 0 Å². The van der Waals surface area contributed by atoms with E-state index in [9.17, 15) is 0 Å². The van der Waals surface area contributed by atoms with Gasteiger partial charge in [-0.2, -0.15) is 0 Å². The molecule has 0 amide bonds. The van der Waals surface area contributed by atoms with Crippen molar-refractivity contribution in [2.24, 2.45) is 11.3 Å². The third-order valence-electron chi connectivity index (χ3n) is 4.38. The van der Waals surface area contributed by atoms with Crippen LogP contribution < -0.4 is 5.32 Å². The minimum Gasteiger partial charge on any atom is -0.313 e. The Hall–Kier alpha value is -0.0400. The molecule has 1 N–H and O–H groups in total. The van der Waals surface area contributed by atoms with Gasteiger partial charge in [0.25, 0.3) is 0 Å². The Morgan fingerprint density at radius 1 is 1.07 bits per heavy atom. The molecule has 0 radical (unpaired) electrons. The molecule has 1 unspecified atom stereocenters. The van der Waals surface area contributed by atoms with Crippen molar-refractivity contribution in [3.63, 3.8) is 0 Å². The van der Waals surface area contributed by atoms with Crippen molar-refractivity contribution in [3.05, 3.63) is 0 Å². The molecule has 2 aliphatic carbocycles. The molecule has 1 nitrogen and oxygen atoms in total. The predicted octanol–water partition coefficient (Wildman–Crippen LogP) is 3.34. The molecule has 2 saturated carbocycles. The topological polar surface area (TPSA) is 12.0 Å². The van der Waals surface area contributed by atoms with E-state index in [-0.39, 0.29) is 0 Å². The summed E-state index contributed by atoms with van der Waals surface area (Å²) in [5.74, 6) is 1.01. The number of rotatable bonds is 3. The molecule has 0 spiro atoms. The van der Waals surface area contributed by atoms with E-state index in [2.05, 4.69) is 19.2 Å². The Kier molecular flexibility index (Phi) is 3.16. The monoisotopic (exact) mass is 195 g/mol. The van der Waals surface area contributed by atoms with Crippen LogP contribution in [-0.4, -0.2) is 12.6 Å². The van der Waals surface area contributed by atoms with Crippen LogP contribution in [0.1, 0.15) is 58.8 Å². The van der Waals surface area contributed by atoms with E-state index in [1.807, 2.05) is 0 Å². The molecule has 1 heteroatoms. The Bertz CT molecular complexity index is 182. The molecule has 14 heavy (non-hydrogen) atoms. The molecular weight excluding hydrogens is 170 g/mol. The molecule has 0 saturated heterocycles. The van der Waals surface area contributed by atoms with Gasteiger partial charge >= 0.3 is 0 Å². The quantitative estimate of drug-likeness (QED) is 0.728. The second-order valence-electron chi connectivity index (χ2n) is 5.99. The first kappa shape index (κ1) is 10.5. The summed E-state index contributed by atoms with van der Waals surface area (Å²) in [7, 11) is 0.